The van der Waals surface area contributed by atoms with Gasteiger partial charge < -0.3 is 4.55 Å². The van der Waals surface area contributed by atoms with Gasteiger partial charge in [-0.15, -0.1) is 0 Å². The summed E-state index contributed by atoms with van der Waals surface area (Å²) < 4.78 is 17.5. The molecule has 0 amide bonds. The van der Waals surface area contributed by atoms with E-state index in [1.165, 1.54) is 12.2 Å². The Balaban J connectivity index is 0.000000280. The van der Waals surface area contributed by atoms with Gasteiger partial charge in [-0.1, -0.05) is 24.3 Å². The second-order valence-corrected chi connectivity index (χ2v) is 3.95. The van der Waals surface area contributed by atoms with Crippen molar-refractivity contribution in [3.63, 3.8) is 0 Å². The van der Waals surface area contributed by atoms with Gasteiger partial charge in [-0.05, 0) is 22.8 Å². The Morgan fingerprint density at radius 2 is 1.31 bits per heavy atom. The van der Waals surface area contributed by atoms with Gasteiger partial charge in [-0.2, -0.15) is 0 Å². The molecule has 1 aliphatic carbocycles. The zero-order chi connectivity index (χ0) is 12.1. The van der Waals surface area contributed by atoms with Crippen molar-refractivity contribution in [3.8, 4) is 0 Å². The van der Waals surface area contributed by atoms with Crippen molar-refractivity contribution in [2.24, 2.45) is 0 Å². The minimum atomic E-state index is -2.39. The van der Waals surface area contributed by atoms with E-state index < -0.39 is 10.3 Å². The topological polar surface area (TPSA) is 74.3 Å². The Morgan fingerprint density at radius 1 is 1.00 bits per heavy atom. The maximum absolute atomic E-state index is 11.2. The van der Waals surface area contributed by atoms with Gasteiger partial charge in [0.2, 0.25) is 0 Å². The molecule has 1 aromatic rings. The predicted octanol–water partition coefficient (Wildman–Crippen LogP) is 1.64. The lowest BCUT2D eigenvalue weighted by atomic mass is 9.95. The van der Waals surface area contributed by atoms with Crippen LogP contribution >= 0.6 is 10.7 Å². The van der Waals surface area contributed by atoms with Gasteiger partial charge in [-0.25, -0.2) is 0 Å². The van der Waals surface area contributed by atoms with Crippen LogP contribution in [0.1, 0.15) is 20.7 Å². The summed E-state index contributed by atoms with van der Waals surface area (Å²) in [7, 11) is 1.80. The molecule has 0 fully saturated rings. The van der Waals surface area contributed by atoms with Gasteiger partial charge in [0, 0.05) is 21.4 Å². The van der Waals surface area contributed by atoms with Crippen molar-refractivity contribution in [2.75, 3.05) is 0 Å². The maximum Gasteiger partial charge on any atom is 0.186 e. The second-order valence-electron chi connectivity index (χ2n) is 2.80. The van der Waals surface area contributed by atoms with Gasteiger partial charge in [0.05, 0.1) is 0 Å². The molecule has 0 bridgehead atoms. The molecule has 0 saturated heterocycles. The molecule has 4 nitrogen and oxygen atoms in total. The van der Waals surface area contributed by atoms with Gasteiger partial charge in [0.15, 0.2) is 11.6 Å². The van der Waals surface area contributed by atoms with Crippen LogP contribution in [0.4, 0.5) is 0 Å². The average molecular weight is 258 g/mol. The average Bonchev–Trinajstić information content (AvgIpc) is 2.23. The van der Waals surface area contributed by atoms with E-state index in [4.69, 9.17) is 8.76 Å². The van der Waals surface area contributed by atoms with E-state index in [1.54, 1.807) is 24.3 Å². The number of allylic oxidation sites excluding steroid dienone is 2. The quantitative estimate of drug-likeness (QED) is 0.523. The van der Waals surface area contributed by atoms with Crippen molar-refractivity contribution >= 4 is 32.5 Å². The van der Waals surface area contributed by atoms with E-state index in [0.29, 0.717) is 11.1 Å². The van der Waals surface area contributed by atoms with Gasteiger partial charge in [0.25, 0.3) is 0 Å². The first kappa shape index (κ1) is 12.8. The third-order valence-electron chi connectivity index (χ3n) is 1.84. The third-order valence-corrected chi connectivity index (χ3v) is 1.84. The van der Waals surface area contributed by atoms with Crippen molar-refractivity contribution in [1.82, 2.24) is 0 Å². The Morgan fingerprint density at radius 3 is 1.62 bits per heavy atom. The maximum atomic E-state index is 11.2. The van der Waals surface area contributed by atoms with Crippen molar-refractivity contribution in [3.05, 3.63) is 47.5 Å². The SMILES string of the molecule is O=C1C=CC(=O)c2ccccc21.O=S([O-])Cl. The summed E-state index contributed by atoms with van der Waals surface area (Å²) in [6, 6.07) is 6.84. The van der Waals surface area contributed by atoms with E-state index in [0.717, 1.165) is 0 Å². The minimum absolute atomic E-state index is 0.0924. The van der Waals surface area contributed by atoms with Crippen molar-refractivity contribution < 1.29 is 18.4 Å². The largest absolute Gasteiger partial charge is 0.760 e. The molecule has 84 valence electrons. The van der Waals surface area contributed by atoms with E-state index in [-0.39, 0.29) is 11.6 Å². The molecule has 16 heavy (non-hydrogen) atoms. The molecule has 1 aromatic carbocycles. The summed E-state index contributed by atoms with van der Waals surface area (Å²) in [5, 5.41) is 0. The summed E-state index contributed by atoms with van der Waals surface area (Å²) in [5.74, 6) is -0.185. The van der Waals surface area contributed by atoms with E-state index in [9.17, 15) is 9.59 Å². The number of hydrogen-bond acceptors (Lipinski definition) is 4. The lowest BCUT2D eigenvalue weighted by Gasteiger charge is -2.06. The summed E-state index contributed by atoms with van der Waals surface area (Å²) in [6.07, 6.45) is 2.62. The molecule has 1 aliphatic rings. The molecule has 0 spiro atoms. The first-order chi connectivity index (χ1) is 7.52. The van der Waals surface area contributed by atoms with E-state index in [2.05, 4.69) is 10.7 Å². The molecule has 0 aliphatic heterocycles. The number of carbonyl (C=O) groups excluding carboxylic acids is 2. The molecule has 1 unspecified atom stereocenters. The number of fused-ring (bicyclic) bond motifs is 1. The highest BCUT2D eigenvalue weighted by Gasteiger charge is 2.16. The van der Waals surface area contributed by atoms with Crippen LogP contribution in [0, 0.1) is 0 Å². The summed E-state index contributed by atoms with van der Waals surface area (Å²) >= 11 is 0. The summed E-state index contributed by atoms with van der Waals surface area (Å²) in [4.78, 5) is 22.4. The lowest BCUT2D eigenvalue weighted by Crippen LogP contribution is -2.10. The smallest absolute Gasteiger partial charge is 0.186 e. The fraction of sp³-hybridized carbons (Fsp3) is 0. The van der Waals surface area contributed by atoms with E-state index >= 15 is 0 Å². The zero-order valence-corrected chi connectivity index (χ0v) is 9.46. The van der Waals surface area contributed by atoms with Crippen molar-refractivity contribution in [2.45, 2.75) is 0 Å². The highest BCUT2D eigenvalue weighted by atomic mass is 35.7. The fourth-order valence-corrected chi connectivity index (χ4v) is 1.24. The molecule has 0 heterocycles. The Bertz CT molecular complexity index is 440. The molecule has 0 aromatic heterocycles. The summed E-state index contributed by atoms with van der Waals surface area (Å²) in [6.45, 7) is 0. The number of hydrogen-bond donors (Lipinski definition) is 0. The standard InChI is InChI=1S/C10H6O2.ClHO2S/c11-9-5-6-10(12)8-4-2-1-3-7(8)9;1-4(2)3/h1-6H;(H,2,3)/p-1. The second kappa shape index (κ2) is 5.69. The molecular weight excluding hydrogens is 252 g/mol. The summed E-state index contributed by atoms with van der Waals surface area (Å²) in [5.41, 5.74) is 1.01. The van der Waals surface area contributed by atoms with Crippen LogP contribution in [0.5, 0.6) is 0 Å². The fourth-order valence-electron chi connectivity index (χ4n) is 1.24. The van der Waals surface area contributed by atoms with Crippen LogP contribution in [0.15, 0.2) is 36.4 Å². The van der Waals surface area contributed by atoms with Crippen LogP contribution in [0.2, 0.25) is 0 Å². The number of benzene rings is 1. The van der Waals surface area contributed by atoms with Crippen molar-refractivity contribution in [1.29, 1.82) is 0 Å². The van der Waals surface area contributed by atoms with Crippen LogP contribution < -0.4 is 0 Å². The predicted molar refractivity (Wildman–Crippen MR) is 59.0 cm³/mol. The molecule has 0 N–H and O–H groups in total. The number of halogens is 1. The van der Waals surface area contributed by atoms with Gasteiger partial charge in [0.1, 0.15) is 0 Å². The van der Waals surface area contributed by atoms with Gasteiger partial charge >= 0.3 is 0 Å². The molecule has 1 atom stereocenters. The van der Waals surface area contributed by atoms with E-state index in [1.807, 2.05) is 0 Å². The normalized spacial score (nSPS) is 14.9. The van der Waals surface area contributed by atoms with Crippen LogP contribution in [0.25, 0.3) is 0 Å². The van der Waals surface area contributed by atoms with Crippen LogP contribution in [-0.2, 0) is 10.3 Å². The first-order valence-corrected chi connectivity index (χ1v) is 6.04. The lowest BCUT2D eigenvalue weighted by molar-refractivity contribution is 0.0994. The molecule has 0 radical (unpaired) electrons. The highest BCUT2D eigenvalue weighted by molar-refractivity contribution is 8.03. The van der Waals surface area contributed by atoms with Crippen LogP contribution in [-0.4, -0.2) is 20.3 Å². The zero-order valence-electron chi connectivity index (χ0n) is 7.88. The number of rotatable bonds is 0. The third kappa shape index (κ3) is 3.37. The first-order valence-electron chi connectivity index (χ1n) is 4.13. The van der Waals surface area contributed by atoms with Crippen LogP contribution in [0.3, 0.4) is 0 Å². The molecule has 0 saturated carbocycles. The minimum Gasteiger partial charge on any atom is -0.760 e. The molecular formula is C10H6ClO4S-. The number of ketones is 2. The Labute approximate surface area is 98.7 Å². The Hall–Kier alpha value is -1.30. The molecule has 6 heteroatoms. The van der Waals surface area contributed by atoms with Gasteiger partial charge in [-0.3, -0.25) is 13.8 Å². The molecule has 2 rings (SSSR count). The Kier molecular flexibility index (Phi) is 4.54. The highest BCUT2D eigenvalue weighted by Crippen LogP contribution is 2.15. The monoisotopic (exact) mass is 257 g/mol. The number of carbonyl (C=O) groups is 2.